The maximum absolute atomic E-state index is 9.84. The maximum Gasteiger partial charge on any atom is 0.0973 e. The molecule has 2 atom stereocenters. The first kappa shape index (κ1) is 13.5. The molecular weight excluding hydrogens is 228 g/mol. The van der Waals surface area contributed by atoms with Crippen LogP contribution in [0, 0.1) is 0 Å². The maximum atomic E-state index is 9.84. The number of hydrogen-bond donors (Lipinski definition) is 4. The van der Waals surface area contributed by atoms with Gasteiger partial charge in [0.25, 0.3) is 0 Å². The smallest absolute Gasteiger partial charge is 0.0973 e. The Kier molecular flexibility index (Phi) is 4.35. The van der Waals surface area contributed by atoms with Crippen molar-refractivity contribution >= 4 is 0 Å². The van der Waals surface area contributed by atoms with Crippen molar-refractivity contribution in [2.24, 2.45) is 0 Å². The van der Waals surface area contributed by atoms with E-state index in [2.05, 4.69) is 22.8 Å². The highest BCUT2D eigenvalue weighted by Gasteiger charge is 2.23. The monoisotopic (exact) mass is 250 g/mol. The van der Waals surface area contributed by atoms with E-state index in [1.165, 1.54) is 11.1 Å². The minimum atomic E-state index is -1.06. The van der Waals surface area contributed by atoms with E-state index in [1.807, 2.05) is 12.1 Å². The molecule has 0 spiro atoms. The Bertz CT molecular complexity index is 393. The van der Waals surface area contributed by atoms with Crippen LogP contribution in [0.2, 0.25) is 0 Å². The number of fused-ring (bicyclic) bond motifs is 1. The lowest BCUT2D eigenvalue weighted by molar-refractivity contribution is 0.000539. The second-order valence-corrected chi connectivity index (χ2v) is 5.25. The number of hydrogen-bond acceptors (Lipinski definition) is 4. The third kappa shape index (κ3) is 3.29. The Hall–Kier alpha value is -0.940. The zero-order valence-corrected chi connectivity index (χ0v) is 10.8. The number of aliphatic hydroxyl groups excluding tert-OH is 1. The zero-order valence-electron chi connectivity index (χ0n) is 10.8. The lowest BCUT2D eigenvalue weighted by atomic mass is 9.98. The topological polar surface area (TPSA) is 64.5 Å². The average molecular weight is 250 g/mol. The highest BCUT2D eigenvalue weighted by molar-refractivity contribution is 5.31. The molecular formula is C14H22N2O2. The number of aliphatic hydroxyl groups is 2. The van der Waals surface area contributed by atoms with Gasteiger partial charge in [-0.1, -0.05) is 24.3 Å². The van der Waals surface area contributed by atoms with Crippen LogP contribution >= 0.6 is 0 Å². The lowest BCUT2D eigenvalue weighted by Crippen LogP contribution is -2.42. The Morgan fingerprint density at radius 3 is 3.00 bits per heavy atom. The van der Waals surface area contributed by atoms with E-state index in [0.717, 1.165) is 19.5 Å². The van der Waals surface area contributed by atoms with Crippen LogP contribution in [-0.4, -0.2) is 35.5 Å². The van der Waals surface area contributed by atoms with Gasteiger partial charge in [0.05, 0.1) is 12.2 Å². The molecule has 0 aromatic heterocycles. The van der Waals surface area contributed by atoms with Gasteiger partial charge in [-0.3, -0.25) is 0 Å². The van der Waals surface area contributed by atoms with Crippen LogP contribution in [0.25, 0.3) is 0 Å². The van der Waals surface area contributed by atoms with Crippen LogP contribution in [0.5, 0.6) is 0 Å². The Labute approximate surface area is 108 Å². The predicted octanol–water partition coefficient (Wildman–Crippen LogP) is 0.554. The minimum absolute atomic E-state index is 0.230. The molecule has 4 N–H and O–H groups in total. The summed E-state index contributed by atoms with van der Waals surface area (Å²) in [7, 11) is 0. The zero-order chi connectivity index (χ0) is 13.0. The fourth-order valence-electron chi connectivity index (χ4n) is 2.27. The van der Waals surface area contributed by atoms with Gasteiger partial charge in [-0.05, 0) is 31.0 Å². The molecule has 0 radical (unpaired) electrons. The van der Waals surface area contributed by atoms with Crippen LogP contribution < -0.4 is 10.6 Å². The first-order valence-corrected chi connectivity index (χ1v) is 6.47. The number of benzene rings is 1. The summed E-state index contributed by atoms with van der Waals surface area (Å²) in [6.07, 6.45) is 0.985. The average Bonchev–Trinajstić information content (AvgIpc) is 2.59. The van der Waals surface area contributed by atoms with E-state index in [4.69, 9.17) is 5.11 Å². The van der Waals surface area contributed by atoms with E-state index in [1.54, 1.807) is 6.92 Å². The quantitative estimate of drug-likeness (QED) is 0.630. The largest absolute Gasteiger partial charge is 0.393 e. The molecule has 0 saturated heterocycles. The molecule has 4 heteroatoms. The van der Waals surface area contributed by atoms with Crippen LogP contribution in [-0.2, 0) is 6.54 Å². The number of rotatable bonds is 4. The van der Waals surface area contributed by atoms with Crippen molar-refractivity contribution in [1.82, 2.24) is 10.6 Å². The van der Waals surface area contributed by atoms with Crippen molar-refractivity contribution in [3.63, 3.8) is 0 Å². The molecule has 1 aromatic carbocycles. The van der Waals surface area contributed by atoms with Gasteiger partial charge >= 0.3 is 0 Å². The van der Waals surface area contributed by atoms with Crippen molar-refractivity contribution in [2.75, 3.05) is 19.7 Å². The molecule has 0 aliphatic carbocycles. The van der Waals surface area contributed by atoms with Gasteiger partial charge < -0.3 is 20.8 Å². The van der Waals surface area contributed by atoms with E-state index in [0.29, 0.717) is 6.54 Å². The fourth-order valence-corrected chi connectivity index (χ4v) is 2.27. The summed E-state index contributed by atoms with van der Waals surface area (Å²) in [5.41, 5.74) is 1.53. The summed E-state index contributed by atoms with van der Waals surface area (Å²) in [4.78, 5) is 0. The fraction of sp³-hybridized carbons (Fsp3) is 0.571. The molecule has 0 fully saturated rings. The van der Waals surface area contributed by atoms with Crippen LogP contribution in [0.4, 0.5) is 0 Å². The van der Waals surface area contributed by atoms with Gasteiger partial charge in [-0.15, -0.1) is 0 Å². The molecule has 0 saturated carbocycles. The van der Waals surface area contributed by atoms with Gasteiger partial charge in [0.1, 0.15) is 0 Å². The molecule has 0 amide bonds. The first-order valence-electron chi connectivity index (χ1n) is 6.47. The molecule has 2 unspecified atom stereocenters. The third-order valence-corrected chi connectivity index (χ3v) is 3.43. The van der Waals surface area contributed by atoms with Crippen molar-refractivity contribution in [1.29, 1.82) is 0 Å². The van der Waals surface area contributed by atoms with E-state index in [9.17, 15) is 5.11 Å². The summed E-state index contributed by atoms with van der Waals surface area (Å²) in [6, 6.07) is 8.59. The second-order valence-electron chi connectivity index (χ2n) is 5.25. The van der Waals surface area contributed by atoms with Gasteiger partial charge in [-0.25, -0.2) is 0 Å². The molecule has 100 valence electrons. The van der Waals surface area contributed by atoms with Crippen LogP contribution in [0.3, 0.4) is 0 Å². The van der Waals surface area contributed by atoms with E-state index < -0.39 is 5.60 Å². The van der Waals surface area contributed by atoms with Gasteiger partial charge in [-0.2, -0.15) is 0 Å². The van der Waals surface area contributed by atoms with Crippen LogP contribution in [0.1, 0.15) is 30.5 Å². The predicted molar refractivity (Wildman–Crippen MR) is 71.2 cm³/mol. The molecule has 1 heterocycles. The van der Waals surface area contributed by atoms with Crippen molar-refractivity contribution in [3.05, 3.63) is 35.4 Å². The standard InChI is InChI=1S/C14H22N2O2/c1-14(18,10-17)9-16-13-6-7-15-8-11-4-2-3-5-12(11)13/h2-5,13,15-18H,6-10H2,1H3. The molecule has 0 bridgehead atoms. The molecule has 1 aliphatic heterocycles. The van der Waals surface area contributed by atoms with Crippen molar-refractivity contribution in [2.45, 2.75) is 31.5 Å². The highest BCUT2D eigenvalue weighted by atomic mass is 16.3. The summed E-state index contributed by atoms with van der Waals surface area (Å²) in [6.45, 7) is 3.65. The molecule has 2 rings (SSSR count). The summed E-state index contributed by atoms with van der Waals surface area (Å²) < 4.78 is 0. The molecule has 1 aliphatic rings. The summed E-state index contributed by atoms with van der Waals surface area (Å²) in [5.74, 6) is 0. The highest BCUT2D eigenvalue weighted by Crippen LogP contribution is 2.23. The second kappa shape index (κ2) is 5.80. The normalized spacial score (nSPS) is 22.9. The summed E-state index contributed by atoms with van der Waals surface area (Å²) in [5, 5.41) is 25.7. The van der Waals surface area contributed by atoms with E-state index >= 15 is 0 Å². The van der Waals surface area contributed by atoms with Crippen molar-refractivity contribution < 1.29 is 10.2 Å². The molecule has 4 nitrogen and oxygen atoms in total. The summed E-state index contributed by atoms with van der Waals surface area (Å²) >= 11 is 0. The number of nitrogens with one attached hydrogen (secondary N) is 2. The van der Waals surface area contributed by atoms with Gasteiger partial charge in [0.15, 0.2) is 0 Å². The Morgan fingerprint density at radius 1 is 1.44 bits per heavy atom. The first-order chi connectivity index (χ1) is 8.62. The Balaban J connectivity index is 2.08. The van der Waals surface area contributed by atoms with Crippen LogP contribution in [0.15, 0.2) is 24.3 Å². The minimum Gasteiger partial charge on any atom is -0.393 e. The van der Waals surface area contributed by atoms with Gasteiger partial charge in [0, 0.05) is 19.1 Å². The van der Waals surface area contributed by atoms with E-state index in [-0.39, 0.29) is 12.6 Å². The van der Waals surface area contributed by atoms with Crippen molar-refractivity contribution in [3.8, 4) is 0 Å². The third-order valence-electron chi connectivity index (χ3n) is 3.43. The van der Waals surface area contributed by atoms with Gasteiger partial charge in [0.2, 0.25) is 0 Å². The molecule has 18 heavy (non-hydrogen) atoms. The Morgan fingerprint density at radius 2 is 2.22 bits per heavy atom. The SMILES string of the molecule is CC(O)(CO)CNC1CCNCc2ccccc21. The molecule has 1 aromatic rings. The lowest BCUT2D eigenvalue weighted by Gasteiger charge is -2.26.